The number of hydrogen-bond donors (Lipinski definition) is 0. The summed E-state index contributed by atoms with van der Waals surface area (Å²) in [4.78, 5) is 3.31. The summed E-state index contributed by atoms with van der Waals surface area (Å²) < 4.78 is 2.01. The zero-order valence-corrected chi connectivity index (χ0v) is 8.68. The van der Waals surface area contributed by atoms with E-state index in [4.69, 9.17) is 6.57 Å². The van der Waals surface area contributed by atoms with Crippen molar-refractivity contribution in [3.63, 3.8) is 0 Å². The quantitative estimate of drug-likeness (QED) is 0.509. The summed E-state index contributed by atoms with van der Waals surface area (Å²) in [6.07, 6.45) is 0. The van der Waals surface area contributed by atoms with Crippen molar-refractivity contribution in [3.8, 4) is 0 Å². The Labute approximate surface area is 81.5 Å². The van der Waals surface area contributed by atoms with Crippen LogP contribution in [0.25, 0.3) is 4.85 Å². The fraction of sp³-hybridized carbons (Fsp3) is 0. The highest BCUT2D eigenvalue weighted by Crippen LogP contribution is 2.26. The molecule has 0 bridgehead atoms. The smallest absolute Gasteiger partial charge is 0.201 e. The molecule has 50 valence electrons. The van der Waals surface area contributed by atoms with E-state index in [-0.39, 0.29) is 0 Å². The average Bonchev–Trinajstić information content (AvgIpc) is 1.88. The first kappa shape index (κ1) is 8.02. The molecule has 0 heterocycles. The largest absolute Gasteiger partial charge is 0.237 e. The van der Waals surface area contributed by atoms with Crippen molar-refractivity contribution in [3.05, 3.63) is 37.7 Å². The molecule has 0 fully saturated rings. The van der Waals surface area contributed by atoms with Crippen LogP contribution in [-0.4, -0.2) is 0 Å². The maximum absolute atomic E-state index is 6.75. The highest BCUT2D eigenvalue weighted by molar-refractivity contribution is 14.1. The van der Waals surface area contributed by atoms with E-state index in [0.29, 0.717) is 5.69 Å². The first-order valence-corrected chi connectivity index (χ1v) is 4.43. The second kappa shape index (κ2) is 3.35. The Morgan fingerprint density at radius 1 is 1.50 bits per heavy atom. The van der Waals surface area contributed by atoms with Gasteiger partial charge >= 0.3 is 0 Å². The molecule has 3 heteroatoms. The van der Waals surface area contributed by atoms with E-state index in [1.54, 1.807) is 6.07 Å². The van der Waals surface area contributed by atoms with Gasteiger partial charge in [-0.15, -0.1) is 0 Å². The lowest BCUT2D eigenvalue weighted by molar-refractivity contribution is 1.61. The fourth-order valence-corrected chi connectivity index (χ4v) is 1.96. The fourth-order valence-electron chi connectivity index (χ4n) is 0.572. The van der Waals surface area contributed by atoms with Crippen LogP contribution in [0.15, 0.2) is 22.7 Å². The first-order chi connectivity index (χ1) is 4.74. The van der Waals surface area contributed by atoms with E-state index >= 15 is 0 Å². The predicted molar refractivity (Wildman–Crippen MR) is 53.1 cm³/mol. The van der Waals surface area contributed by atoms with E-state index < -0.39 is 0 Å². The molecular weight excluding hydrogens is 305 g/mol. The van der Waals surface area contributed by atoms with Crippen LogP contribution in [0.2, 0.25) is 0 Å². The number of hydrogen-bond acceptors (Lipinski definition) is 0. The molecule has 1 rings (SSSR count). The molecule has 1 nitrogen and oxygen atoms in total. The summed E-state index contributed by atoms with van der Waals surface area (Å²) in [6, 6.07) is 5.64. The molecule has 0 aliphatic rings. The molecule has 0 spiro atoms. The van der Waals surface area contributed by atoms with Crippen molar-refractivity contribution in [2.75, 3.05) is 0 Å². The summed E-state index contributed by atoms with van der Waals surface area (Å²) in [5.74, 6) is 0. The monoisotopic (exact) mass is 307 g/mol. The molecule has 10 heavy (non-hydrogen) atoms. The molecular formula is C7H3BrIN. The van der Waals surface area contributed by atoms with Crippen LogP contribution in [0.1, 0.15) is 0 Å². The van der Waals surface area contributed by atoms with E-state index in [9.17, 15) is 0 Å². The maximum Gasteiger partial charge on any atom is 0.201 e. The van der Waals surface area contributed by atoms with Gasteiger partial charge in [0.25, 0.3) is 0 Å². The van der Waals surface area contributed by atoms with Gasteiger partial charge in [0, 0.05) is 8.04 Å². The van der Waals surface area contributed by atoms with Crippen molar-refractivity contribution in [1.82, 2.24) is 0 Å². The van der Waals surface area contributed by atoms with Crippen LogP contribution in [0, 0.1) is 10.1 Å². The Bertz CT molecular complexity index is 290. The van der Waals surface area contributed by atoms with Crippen molar-refractivity contribution < 1.29 is 0 Å². The van der Waals surface area contributed by atoms with E-state index in [1.165, 1.54) is 0 Å². The molecule has 0 radical (unpaired) electrons. The van der Waals surface area contributed by atoms with Crippen LogP contribution in [0.3, 0.4) is 0 Å². The zero-order valence-electron chi connectivity index (χ0n) is 4.94. The Balaban J connectivity index is 3.23. The summed E-state index contributed by atoms with van der Waals surface area (Å²) >= 11 is 5.49. The van der Waals surface area contributed by atoms with Gasteiger partial charge in [-0.2, -0.15) is 0 Å². The van der Waals surface area contributed by atoms with Crippen molar-refractivity contribution in [1.29, 1.82) is 0 Å². The van der Waals surface area contributed by atoms with E-state index in [1.807, 2.05) is 12.1 Å². The number of nitrogens with zero attached hydrogens (tertiary/aromatic N) is 1. The minimum Gasteiger partial charge on any atom is -0.237 e. The normalized spacial score (nSPS) is 8.90. The zero-order chi connectivity index (χ0) is 7.56. The van der Waals surface area contributed by atoms with Crippen LogP contribution in [0.4, 0.5) is 5.69 Å². The number of halogens is 2. The minimum absolute atomic E-state index is 0.667. The number of benzene rings is 1. The van der Waals surface area contributed by atoms with Crippen molar-refractivity contribution >= 4 is 44.2 Å². The Morgan fingerprint density at radius 2 is 2.20 bits per heavy atom. The van der Waals surface area contributed by atoms with Gasteiger partial charge in [-0.25, -0.2) is 4.85 Å². The molecule has 0 amide bonds. The highest BCUT2D eigenvalue weighted by atomic mass is 127. The second-order valence-electron chi connectivity index (χ2n) is 1.71. The molecule has 1 aromatic rings. The molecule has 0 saturated carbocycles. The topological polar surface area (TPSA) is 4.36 Å². The lowest BCUT2D eigenvalue weighted by Crippen LogP contribution is -1.69. The Hall–Kier alpha value is -0.0800. The van der Waals surface area contributed by atoms with Gasteiger partial charge in [0.15, 0.2) is 0 Å². The van der Waals surface area contributed by atoms with Gasteiger partial charge in [-0.3, -0.25) is 0 Å². The standard InChI is InChI=1S/C7H3BrIN/c1-10-7-3-2-5(9)4-6(7)8/h2-4H. The SMILES string of the molecule is [C-]#[N+]c1ccc(I)cc1Br. The lowest BCUT2D eigenvalue weighted by atomic mass is 10.3. The molecule has 0 aromatic heterocycles. The van der Waals surface area contributed by atoms with Gasteiger partial charge in [-0.1, -0.05) is 28.1 Å². The minimum atomic E-state index is 0.667. The third-order valence-corrected chi connectivity index (χ3v) is 2.34. The molecule has 0 N–H and O–H groups in total. The van der Waals surface area contributed by atoms with E-state index in [0.717, 1.165) is 8.04 Å². The second-order valence-corrected chi connectivity index (χ2v) is 3.81. The third kappa shape index (κ3) is 1.70. The molecule has 0 saturated heterocycles. The Morgan fingerprint density at radius 3 is 2.70 bits per heavy atom. The van der Waals surface area contributed by atoms with Crippen LogP contribution in [-0.2, 0) is 0 Å². The first-order valence-electron chi connectivity index (χ1n) is 2.56. The van der Waals surface area contributed by atoms with Crippen LogP contribution in [0.5, 0.6) is 0 Å². The van der Waals surface area contributed by atoms with E-state index in [2.05, 4.69) is 43.4 Å². The van der Waals surface area contributed by atoms with Crippen molar-refractivity contribution in [2.45, 2.75) is 0 Å². The third-order valence-electron chi connectivity index (χ3n) is 1.03. The van der Waals surface area contributed by atoms with Gasteiger partial charge in [0.1, 0.15) is 0 Å². The van der Waals surface area contributed by atoms with Crippen LogP contribution >= 0.6 is 38.5 Å². The number of rotatable bonds is 0. The summed E-state index contributed by atoms with van der Waals surface area (Å²) in [5, 5.41) is 0. The van der Waals surface area contributed by atoms with Gasteiger partial charge in [0.05, 0.1) is 6.57 Å². The Kier molecular flexibility index (Phi) is 2.69. The summed E-state index contributed by atoms with van der Waals surface area (Å²) in [6.45, 7) is 6.75. The average molecular weight is 308 g/mol. The molecule has 0 aliphatic heterocycles. The van der Waals surface area contributed by atoms with Crippen LogP contribution < -0.4 is 0 Å². The highest BCUT2D eigenvalue weighted by Gasteiger charge is 1.96. The molecule has 0 atom stereocenters. The summed E-state index contributed by atoms with van der Waals surface area (Å²) in [7, 11) is 0. The molecule has 0 aliphatic carbocycles. The van der Waals surface area contributed by atoms with Crippen molar-refractivity contribution in [2.24, 2.45) is 0 Å². The van der Waals surface area contributed by atoms with Gasteiger partial charge in [0.2, 0.25) is 5.69 Å². The lowest BCUT2D eigenvalue weighted by Gasteiger charge is -1.93. The molecule has 1 aromatic carbocycles. The molecule has 0 unspecified atom stereocenters. The van der Waals surface area contributed by atoms with Gasteiger partial charge < -0.3 is 0 Å². The summed E-state index contributed by atoms with van der Waals surface area (Å²) in [5.41, 5.74) is 0.667. The predicted octanol–water partition coefficient (Wildman–Crippen LogP) is 3.60. The maximum atomic E-state index is 6.75. The van der Waals surface area contributed by atoms with Gasteiger partial charge in [-0.05, 0) is 28.7 Å².